The predicted molar refractivity (Wildman–Crippen MR) is 154 cm³/mol. The van der Waals surface area contributed by atoms with Crippen LogP contribution in [0.4, 0.5) is 5.69 Å². The first kappa shape index (κ1) is 24.3. The predicted octanol–water partition coefficient (Wildman–Crippen LogP) is 7.04. The smallest absolute Gasteiger partial charge is 0.238 e. The molecule has 0 unspecified atom stereocenters. The van der Waals surface area contributed by atoms with E-state index in [-0.39, 0.29) is 28.1 Å². The number of carbonyl (C=O) groups is 3. The molecule has 0 aliphatic carbocycles. The summed E-state index contributed by atoms with van der Waals surface area (Å²) in [7, 11) is 0. The molecule has 0 bridgehead atoms. The summed E-state index contributed by atoms with van der Waals surface area (Å²) in [6, 6.07) is 21.9. The van der Waals surface area contributed by atoms with Crippen LogP contribution in [0.2, 0.25) is 10.0 Å². The molecule has 4 aromatic rings. The first-order chi connectivity index (χ1) is 18.9. The number of Topliss-reactive ketones (excluding diaryl/α,β-unsaturated/α-hetero) is 2. The van der Waals surface area contributed by atoms with Crippen LogP contribution in [0.25, 0.3) is 6.08 Å². The third kappa shape index (κ3) is 3.35. The van der Waals surface area contributed by atoms with Crippen LogP contribution >= 0.6 is 34.5 Å². The highest BCUT2D eigenvalue weighted by molar-refractivity contribution is 7.12. The van der Waals surface area contributed by atoms with Gasteiger partial charge in [-0.3, -0.25) is 14.4 Å². The molecule has 1 amide bonds. The Kier molecular flexibility index (Phi) is 5.56. The Morgan fingerprint density at radius 1 is 0.923 bits per heavy atom. The Hall–Kier alpha value is -3.71. The van der Waals surface area contributed by atoms with Gasteiger partial charge in [0.25, 0.3) is 0 Å². The van der Waals surface area contributed by atoms with E-state index in [1.807, 2.05) is 71.1 Å². The lowest BCUT2D eigenvalue weighted by Gasteiger charge is -2.38. The number of halogens is 2. The van der Waals surface area contributed by atoms with Gasteiger partial charge >= 0.3 is 0 Å². The zero-order valence-corrected chi connectivity index (χ0v) is 22.6. The van der Waals surface area contributed by atoms with E-state index >= 15 is 0 Å². The average Bonchev–Trinajstić information content (AvgIpc) is 3.65. The minimum Gasteiger partial charge on any atom is -0.358 e. The van der Waals surface area contributed by atoms with E-state index < -0.39 is 23.4 Å². The summed E-state index contributed by atoms with van der Waals surface area (Å²) in [4.78, 5) is 45.8. The highest BCUT2D eigenvalue weighted by Gasteiger charge is 2.70. The van der Waals surface area contributed by atoms with Gasteiger partial charge in [0.05, 0.1) is 21.9 Å². The summed E-state index contributed by atoms with van der Waals surface area (Å²) < 4.78 is 0. The van der Waals surface area contributed by atoms with Crippen LogP contribution in [0.15, 0.2) is 90.4 Å². The number of nitrogens with one attached hydrogen (secondary N) is 1. The summed E-state index contributed by atoms with van der Waals surface area (Å²) in [5, 5.41) is 5.48. The minimum absolute atomic E-state index is 0.199. The zero-order valence-electron chi connectivity index (χ0n) is 20.3. The zero-order chi connectivity index (χ0) is 26.9. The van der Waals surface area contributed by atoms with Gasteiger partial charge in [-0.2, -0.15) is 0 Å². The molecule has 1 saturated heterocycles. The van der Waals surface area contributed by atoms with E-state index in [1.165, 1.54) is 17.4 Å². The number of hydrogen-bond donors (Lipinski definition) is 1. The number of amides is 1. The number of benzene rings is 3. The van der Waals surface area contributed by atoms with Crippen molar-refractivity contribution in [2.24, 2.45) is 5.92 Å². The quantitative estimate of drug-likeness (QED) is 0.267. The van der Waals surface area contributed by atoms with Crippen molar-refractivity contribution >= 4 is 63.8 Å². The van der Waals surface area contributed by atoms with Crippen LogP contribution in [-0.2, 0) is 10.2 Å². The number of anilines is 1. The van der Waals surface area contributed by atoms with Crippen LogP contribution in [0, 0.1) is 5.92 Å². The molecule has 1 spiro atoms. The molecule has 3 aliphatic heterocycles. The van der Waals surface area contributed by atoms with E-state index in [0.717, 1.165) is 11.1 Å². The third-order valence-corrected chi connectivity index (χ3v) is 9.51. The molecule has 8 heteroatoms. The van der Waals surface area contributed by atoms with Crippen LogP contribution < -0.4 is 5.32 Å². The second-order valence-corrected chi connectivity index (χ2v) is 11.7. The fourth-order valence-corrected chi connectivity index (χ4v) is 7.79. The van der Waals surface area contributed by atoms with Crippen LogP contribution in [0.3, 0.4) is 0 Å². The molecule has 1 N–H and O–H groups in total. The van der Waals surface area contributed by atoms with E-state index in [4.69, 9.17) is 23.2 Å². The molecular formula is C31H20Cl2N2O3S. The summed E-state index contributed by atoms with van der Waals surface area (Å²) in [6.45, 7) is 0. The van der Waals surface area contributed by atoms with E-state index in [9.17, 15) is 14.4 Å². The third-order valence-electron chi connectivity index (χ3n) is 8.08. The van der Waals surface area contributed by atoms with Crippen molar-refractivity contribution in [2.75, 3.05) is 5.32 Å². The van der Waals surface area contributed by atoms with Gasteiger partial charge in [0.1, 0.15) is 11.5 Å². The molecule has 5 nitrogen and oxygen atoms in total. The maximum atomic E-state index is 14.5. The van der Waals surface area contributed by atoms with Crippen molar-refractivity contribution in [1.82, 2.24) is 4.90 Å². The topological polar surface area (TPSA) is 66.5 Å². The molecule has 4 atom stereocenters. The van der Waals surface area contributed by atoms with Crippen LogP contribution in [-0.4, -0.2) is 28.4 Å². The number of rotatable bonds is 4. The number of hydrogen-bond acceptors (Lipinski definition) is 5. The number of carbonyl (C=O) groups excluding carboxylic acids is 3. The second-order valence-electron chi connectivity index (χ2n) is 9.92. The van der Waals surface area contributed by atoms with Crippen molar-refractivity contribution in [1.29, 1.82) is 0 Å². The van der Waals surface area contributed by atoms with Gasteiger partial charge < -0.3 is 10.2 Å². The Bertz CT molecular complexity index is 1720. The SMILES string of the molecule is O=C(c1ccc(Cl)cc1Cl)[C@@H]1[C@H](C(=O)c2cccs2)[C@@]2(C(=O)Nc3ccccc32)[C@H]2c3ccccc3C=CN12. The summed E-state index contributed by atoms with van der Waals surface area (Å²) in [5.74, 6) is -1.91. The molecule has 1 aromatic heterocycles. The first-order valence-corrected chi connectivity index (χ1v) is 14.1. The molecular weight excluding hydrogens is 551 g/mol. The normalized spacial score (nSPS) is 24.3. The monoisotopic (exact) mass is 570 g/mol. The fraction of sp³-hybridized carbons (Fsp3) is 0.129. The van der Waals surface area contributed by atoms with Crippen molar-refractivity contribution in [3.63, 3.8) is 0 Å². The Balaban J connectivity index is 1.55. The summed E-state index contributed by atoms with van der Waals surface area (Å²) in [6.07, 6.45) is 3.77. The lowest BCUT2D eigenvalue weighted by atomic mass is 9.63. The molecule has 1 fully saturated rings. The van der Waals surface area contributed by atoms with Crippen molar-refractivity contribution in [3.05, 3.63) is 128 Å². The highest BCUT2D eigenvalue weighted by atomic mass is 35.5. The molecule has 39 heavy (non-hydrogen) atoms. The van der Waals surface area contributed by atoms with Gasteiger partial charge in [-0.25, -0.2) is 0 Å². The standard InChI is InChI=1S/C31H20Cl2N2O3S/c32-18-11-12-20(22(33)16-18)27(36)26-25(28(37)24-10-5-15-39-24)31(21-8-3-4-9-23(21)34-30(31)38)29-19-7-2-1-6-17(19)13-14-35(26)29/h1-16,25-26,29H,(H,34,38)/t25-,26+,29-,31-/m1/s1. The largest absolute Gasteiger partial charge is 0.358 e. The van der Waals surface area contributed by atoms with Gasteiger partial charge in [0.2, 0.25) is 5.91 Å². The van der Waals surface area contributed by atoms with Crippen molar-refractivity contribution in [2.45, 2.75) is 17.5 Å². The Morgan fingerprint density at radius 3 is 2.51 bits per heavy atom. The Morgan fingerprint density at radius 2 is 1.72 bits per heavy atom. The van der Waals surface area contributed by atoms with E-state index in [0.29, 0.717) is 21.2 Å². The fourth-order valence-electron chi connectivity index (χ4n) is 6.59. The number of ketones is 2. The van der Waals surface area contributed by atoms with Gasteiger partial charge in [-0.15, -0.1) is 11.3 Å². The van der Waals surface area contributed by atoms with Crippen LogP contribution in [0.5, 0.6) is 0 Å². The maximum Gasteiger partial charge on any atom is 0.238 e. The van der Waals surface area contributed by atoms with Crippen LogP contribution in [0.1, 0.15) is 42.8 Å². The van der Waals surface area contributed by atoms with Crippen molar-refractivity contribution in [3.8, 4) is 0 Å². The van der Waals surface area contributed by atoms with Gasteiger partial charge in [-0.1, -0.05) is 71.7 Å². The maximum absolute atomic E-state index is 14.5. The second kappa shape index (κ2) is 8.91. The number of thiophene rings is 1. The summed E-state index contributed by atoms with van der Waals surface area (Å²) in [5.41, 5.74) is 2.07. The lowest BCUT2D eigenvalue weighted by molar-refractivity contribution is -0.122. The van der Waals surface area contributed by atoms with Crippen molar-refractivity contribution < 1.29 is 14.4 Å². The molecule has 0 saturated carbocycles. The number of fused-ring (bicyclic) bond motifs is 6. The lowest BCUT2D eigenvalue weighted by Crippen LogP contribution is -2.49. The minimum atomic E-state index is -1.36. The highest BCUT2D eigenvalue weighted by Crippen LogP contribution is 2.62. The van der Waals surface area contributed by atoms with Gasteiger partial charge in [0.15, 0.2) is 11.6 Å². The molecule has 7 rings (SSSR count). The Labute approximate surface area is 238 Å². The summed E-state index contributed by atoms with van der Waals surface area (Å²) >= 11 is 14.0. The van der Waals surface area contributed by atoms with Gasteiger partial charge in [0, 0.05) is 22.5 Å². The van der Waals surface area contributed by atoms with E-state index in [2.05, 4.69) is 5.32 Å². The number of nitrogens with zero attached hydrogens (tertiary/aromatic N) is 1. The van der Waals surface area contributed by atoms with Gasteiger partial charge in [-0.05, 0) is 58.5 Å². The average molecular weight is 571 g/mol. The number of para-hydroxylation sites is 1. The molecule has 3 aliphatic rings. The first-order valence-electron chi connectivity index (χ1n) is 12.5. The molecule has 3 aromatic carbocycles. The molecule has 192 valence electrons. The van der Waals surface area contributed by atoms with E-state index in [1.54, 1.807) is 24.3 Å². The molecule has 4 heterocycles. The molecule has 0 radical (unpaired) electrons.